The molecule has 5 fully saturated rings. The number of aromatic amines is 1. The molecule has 10 heteroatoms. The lowest BCUT2D eigenvalue weighted by Gasteiger charge is -2.26. The van der Waals surface area contributed by atoms with Gasteiger partial charge in [0.1, 0.15) is 23.9 Å². The lowest BCUT2D eigenvalue weighted by Crippen LogP contribution is -2.39. The van der Waals surface area contributed by atoms with Crippen molar-refractivity contribution in [2.24, 2.45) is 17.8 Å². The molecule has 144 valence electrons. The molecule has 0 aromatic carbocycles. The number of aromatic nitrogens is 6. The predicted molar refractivity (Wildman–Crippen MR) is 97.7 cm³/mol. The van der Waals surface area contributed by atoms with Gasteiger partial charge in [-0.15, -0.1) is 5.10 Å². The molecule has 3 saturated heterocycles. The number of hydrogen-bond donors (Lipinski definition) is 2. The van der Waals surface area contributed by atoms with Gasteiger partial charge in [-0.1, -0.05) is 0 Å². The Kier molecular flexibility index (Phi) is 2.82. The Balaban J connectivity index is 1.32. The van der Waals surface area contributed by atoms with E-state index in [1.165, 1.54) is 0 Å². The van der Waals surface area contributed by atoms with Gasteiger partial charge in [-0.2, -0.15) is 14.6 Å². The largest absolute Gasteiger partial charge is 0.378 e. The minimum atomic E-state index is -1.06. The number of piperidine rings is 1. The summed E-state index contributed by atoms with van der Waals surface area (Å²) in [5.41, 5.74) is 3.55. The average molecular weight is 382 g/mol. The van der Waals surface area contributed by atoms with E-state index < -0.39 is 6.17 Å². The van der Waals surface area contributed by atoms with Gasteiger partial charge in [0.25, 0.3) is 0 Å². The minimum Gasteiger partial charge on any atom is -0.378 e. The third-order valence-corrected chi connectivity index (χ3v) is 6.73. The monoisotopic (exact) mass is 382 g/mol. The lowest BCUT2D eigenvalue weighted by molar-refractivity contribution is 0.0284. The number of nitrogens with one attached hydrogen (secondary N) is 2. The average Bonchev–Trinajstić information content (AvgIpc) is 3.24. The smallest absolute Gasteiger partial charge is 0.243 e. The van der Waals surface area contributed by atoms with Crippen LogP contribution in [0.2, 0.25) is 0 Å². The molecule has 4 atom stereocenters. The van der Waals surface area contributed by atoms with Crippen molar-refractivity contribution in [1.82, 2.24) is 29.8 Å². The summed E-state index contributed by atoms with van der Waals surface area (Å²) >= 11 is 0. The maximum Gasteiger partial charge on any atom is 0.243 e. The summed E-state index contributed by atoms with van der Waals surface area (Å²) in [4.78, 5) is 11.8. The topological polar surface area (TPSA) is 96.3 Å². The molecule has 5 aliphatic rings. The Bertz CT molecular complexity index is 1050. The highest BCUT2D eigenvalue weighted by atomic mass is 19.1. The first-order chi connectivity index (χ1) is 13.8. The van der Waals surface area contributed by atoms with E-state index in [-0.39, 0.29) is 12.6 Å². The van der Waals surface area contributed by atoms with Crippen LogP contribution < -0.4 is 10.2 Å². The summed E-state index contributed by atoms with van der Waals surface area (Å²) in [5, 5.41) is 14.6. The number of rotatable bonds is 4. The number of halogens is 1. The van der Waals surface area contributed by atoms with Crippen LogP contribution in [0.25, 0.3) is 16.9 Å². The summed E-state index contributed by atoms with van der Waals surface area (Å²) in [6, 6.07) is 0.280. The van der Waals surface area contributed by atoms with Crippen LogP contribution >= 0.6 is 0 Å². The maximum atomic E-state index is 14.1. The Morgan fingerprint density at radius 3 is 3.00 bits per heavy atom. The number of nitrogens with zero attached hydrogens (tertiary/aromatic N) is 6. The van der Waals surface area contributed by atoms with Crippen LogP contribution in [0.4, 0.5) is 16.0 Å². The summed E-state index contributed by atoms with van der Waals surface area (Å²) in [6.07, 6.45) is 4.83. The van der Waals surface area contributed by atoms with Crippen molar-refractivity contribution < 1.29 is 9.13 Å². The third kappa shape index (κ3) is 1.98. The van der Waals surface area contributed by atoms with Crippen molar-refractivity contribution in [1.29, 1.82) is 0 Å². The minimum absolute atomic E-state index is 0.113. The van der Waals surface area contributed by atoms with Crippen molar-refractivity contribution in [2.45, 2.75) is 24.7 Å². The van der Waals surface area contributed by atoms with Gasteiger partial charge in [0.2, 0.25) is 5.95 Å². The molecular weight excluding hydrogens is 363 g/mol. The van der Waals surface area contributed by atoms with Gasteiger partial charge in [-0.25, -0.2) is 9.37 Å². The lowest BCUT2D eigenvalue weighted by atomic mass is 10.1. The van der Waals surface area contributed by atoms with Crippen LogP contribution in [0.15, 0.2) is 18.7 Å². The molecule has 2 saturated carbocycles. The van der Waals surface area contributed by atoms with Crippen molar-refractivity contribution >= 4 is 17.3 Å². The van der Waals surface area contributed by atoms with E-state index in [2.05, 4.69) is 30.5 Å². The van der Waals surface area contributed by atoms with E-state index in [9.17, 15) is 4.39 Å². The van der Waals surface area contributed by atoms with Gasteiger partial charge >= 0.3 is 0 Å². The van der Waals surface area contributed by atoms with Gasteiger partial charge in [0, 0.05) is 31.0 Å². The molecule has 9 nitrogen and oxygen atoms in total. The Labute approximate surface area is 159 Å². The van der Waals surface area contributed by atoms with Crippen LogP contribution in [-0.4, -0.2) is 67.8 Å². The van der Waals surface area contributed by atoms with Crippen molar-refractivity contribution in [3.8, 4) is 11.3 Å². The third-order valence-electron chi connectivity index (χ3n) is 6.73. The molecule has 28 heavy (non-hydrogen) atoms. The molecule has 3 aliphatic heterocycles. The van der Waals surface area contributed by atoms with Crippen molar-refractivity contribution in [3.63, 3.8) is 0 Å². The summed E-state index contributed by atoms with van der Waals surface area (Å²) < 4.78 is 21.0. The number of anilines is 2. The van der Waals surface area contributed by atoms with Crippen LogP contribution in [0.3, 0.4) is 0 Å². The van der Waals surface area contributed by atoms with E-state index in [4.69, 9.17) is 9.72 Å². The van der Waals surface area contributed by atoms with Gasteiger partial charge in [0.15, 0.2) is 5.65 Å². The molecule has 2 N–H and O–H groups in total. The fourth-order valence-electron chi connectivity index (χ4n) is 5.17. The fourth-order valence-corrected chi connectivity index (χ4v) is 5.17. The molecule has 0 spiro atoms. The standard InChI is InChI=1S/C18H19FN8O/c19-10-6-28-2-1-11(10)23-18-24-17-16(26-5-9-12-13(9)15(12)26)14(8-3-21-22-4-8)20-7-27(17)25-18/h3-4,7,9-13,15H,1-2,5-6H2,(H,21,22)(H,23,25)/t9?,10-,11+,12?,13?,15?/m1/s1. The molecule has 6 heterocycles. The summed E-state index contributed by atoms with van der Waals surface area (Å²) in [7, 11) is 0. The Hall–Kier alpha value is -2.75. The highest BCUT2D eigenvalue weighted by Crippen LogP contribution is 2.76. The van der Waals surface area contributed by atoms with Gasteiger partial charge in [-0.05, 0) is 24.2 Å². The van der Waals surface area contributed by atoms with E-state index >= 15 is 0 Å². The molecule has 8 rings (SSSR count). The summed E-state index contributed by atoms with van der Waals surface area (Å²) in [6.45, 7) is 1.71. The molecule has 0 amide bonds. The molecular formula is C18H19FN8O. The highest BCUT2D eigenvalue weighted by Gasteiger charge is 2.80. The zero-order valence-electron chi connectivity index (χ0n) is 15.0. The van der Waals surface area contributed by atoms with Crippen LogP contribution in [0.1, 0.15) is 6.42 Å². The molecule has 2 unspecified atom stereocenters. The Morgan fingerprint density at radius 1 is 1.32 bits per heavy atom. The number of alkyl halides is 1. The molecule has 3 aromatic heterocycles. The second-order valence-electron chi connectivity index (χ2n) is 8.22. The molecule has 0 radical (unpaired) electrons. The van der Waals surface area contributed by atoms with E-state index in [0.717, 1.165) is 46.9 Å². The van der Waals surface area contributed by atoms with Crippen molar-refractivity contribution in [3.05, 3.63) is 18.7 Å². The van der Waals surface area contributed by atoms with Crippen LogP contribution in [0, 0.1) is 17.8 Å². The fraction of sp³-hybridized carbons (Fsp3) is 0.556. The molecule has 2 bridgehead atoms. The van der Waals surface area contributed by atoms with E-state index in [1.54, 1.807) is 17.0 Å². The molecule has 3 aromatic rings. The second kappa shape index (κ2) is 5.19. The predicted octanol–water partition coefficient (Wildman–Crippen LogP) is 1.12. The van der Waals surface area contributed by atoms with E-state index in [1.807, 2.05) is 6.20 Å². The van der Waals surface area contributed by atoms with Gasteiger partial charge in [-0.3, -0.25) is 5.10 Å². The van der Waals surface area contributed by atoms with Gasteiger partial charge in [0.05, 0.1) is 18.8 Å². The zero-order valence-corrected chi connectivity index (χ0v) is 15.0. The number of fused-ring (bicyclic) bond motifs is 2. The molecule has 2 aliphatic carbocycles. The van der Waals surface area contributed by atoms with Crippen LogP contribution in [0.5, 0.6) is 0 Å². The highest BCUT2D eigenvalue weighted by molar-refractivity contribution is 5.87. The summed E-state index contributed by atoms with van der Waals surface area (Å²) in [5.74, 6) is 2.97. The second-order valence-corrected chi connectivity index (χ2v) is 8.22. The van der Waals surface area contributed by atoms with Gasteiger partial charge < -0.3 is 15.0 Å². The number of ether oxygens (including phenoxy) is 1. The first kappa shape index (κ1) is 15.2. The normalized spacial score (nSPS) is 35.2. The van der Waals surface area contributed by atoms with E-state index in [0.29, 0.717) is 25.0 Å². The first-order valence-corrected chi connectivity index (χ1v) is 9.79. The first-order valence-electron chi connectivity index (χ1n) is 9.79. The Morgan fingerprint density at radius 2 is 2.25 bits per heavy atom. The quantitative estimate of drug-likeness (QED) is 0.698. The maximum absolute atomic E-state index is 14.1. The number of H-pyrrole nitrogens is 1. The van der Waals surface area contributed by atoms with Crippen LogP contribution in [-0.2, 0) is 4.74 Å². The van der Waals surface area contributed by atoms with Crippen molar-refractivity contribution in [2.75, 3.05) is 30.0 Å². The number of hydrogen-bond acceptors (Lipinski definition) is 7. The zero-order chi connectivity index (χ0) is 18.4. The SMILES string of the molecule is F[C@@H]1COCC[C@@H]1Nc1nc2c(N3CC4C5C4C53)c(-c3cn[nH]c3)ncn2n1.